The Bertz CT molecular complexity index is 302. The molecule has 3 heteroatoms. The SMILES string of the molecule is CCOCCCNc1cc(C)ccc1F. The Kier molecular flexibility index (Phi) is 5.12. The number of aryl methyl sites for hydroxylation is 1. The molecule has 2 nitrogen and oxygen atoms in total. The average Bonchev–Trinajstić information content (AvgIpc) is 2.23. The molecule has 0 aliphatic rings. The molecular weight excluding hydrogens is 193 g/mol. The molecule has 84 valence electrons. The summed E-state index contributed by atoms with van der Waals surface area (Å²) in [5, 5.41) is 3.06. The largest absolute Gasteiger partial charge is 0.383 e. The van der Waals surface area contributed by atoms with Gasteiger partial charge in [-0.3, -0.25) is 0 Å². The monoisotopic (exact) mass is 211 g/mol. The Hall–Kier alpha value is -1.09. The van der Waals surface area contributed by atoms with Gasteiger partial charge in [-0.1, -0.05) is 6.07 Å². The van der Waals surface area contributed by atoms with Gasteiger partial charge in [0.05, 0.1) is 5.69 Å². The average molecular weight is 211 g/mol. The quantitative estimate of drug-likeness (QED) is 0.730. The van der Waals surface area contributed by atoms with Crippen LogP contribution in [0.5, 0.6) is 0 Å². The fraction of sp³-hybridized carbons (Fsp3) is 0.500. The molecule has 0 fully saturated rings. The number of nitrogens with one attached hydrogen (secondary N) is 1. The molecule has 0 saturated carbocycles. The Morgan fingerprint density at radius 1 is 1.40 bits per heavy atom. The maximum atomic E-state index is 13.3. The summed E-state index contributed by atoms with van der Waals surface area (Å²) in [6.07, 6.45) is 0.890. The minimum atomic E-state index is -0.197. The van der Waals surface area contributed by atoms with Crippen molar-refractivity contribution in [3.8, 4) is 0 Å². The highest BCUT2D eigenvalue weighted by atomic mass is 19.1. The topological polar surface area (TPSA) is 21.3 Å². The van der Waals surface area contributed by atoms with Gasteiger partial charge in [-0.05, 0) is 38.0 Å². The van der Waals surface area contributed by atoms with Gasteiger partial charge in [0.1, 0.15) is 5.82 Å². The van der Waals surface area contributed by atoms with E-state index in [0.29, 0.717) is 5.69 Å². The second-order valence-corrected chi connectivity index (χ2v) is 3.46. The molecule has 1 aromatic carbocycles. The minimum absolute atomic E-state index is 0.197. The molecule has 15 heavy (non-hydrogen) atoms. The van der Waals surface area contributed by atoms with Crippen LogP contribution in [0.2, 0.25) is 0 Å². The summed E-state index contributed by atoms with van der Waals surface area (Å²) < 4.78 is 18.4. The molecule has 0 radical (unpaired) electrons. The van der Waals surface area contributed by atoms with Crippen LogP contribution >= 0.6 is 0 Å². The molecule has 0 aliphatic carbocycles. The van der Waals surface area contributed by atoms with Gasteiger partial charge in [0.15, 0.2) is 0 Å². The minimum Gasteiger partial charge on any atom is -0.383 e. The van der Waals surface area contributed by atoms with E-state index in [1.807, 2.05) is 19.9 Å². The number of hydrogen-bond donors (Lipinski definition) is 1. The van der Waals surface area contributed by atoms with Crippen molar-refractivity contribution >= 4 is 5.69 Å². The molecule has 0 aliphatic heterocycles. The van der Waals surface area contributed by atoms with Crippen LogP contribution in [-0.4, -0.2) is 19.8 Å². The summed E-state index contributed by atoms with van der Waals surface area (Å²) in [5.74, 6) is -0.197. The second kappa shape index (κ2) is 6.40. The van der Waals surface area contributed by atoms with Crippen LogP contribution in [0, 0.1) is 12.7 Å². The van der Waals surface area contributed by atoms with Crippen molar-refractivity contribution in [1.82, 2.24) is 0 Å². The molecule has 0 amide bonds. The number of rotatable bonds is 6. The summed E-state index contributed by atoms with van der Waals surface area (Å²) >= 11 is 0. The number of halogens is 1. The zero-order valence-electron chi connectivity index (χ0n) is 9.35. The maximum absolute atomic E-state index is 13.3. The van der Waals surface area contributed by atoms with Gasteiger partial charge in [0, 0.05) is 19.8 Å². The molecule has 0 atom stereocenters. The first-order valence-electron chi connectivity index (χ1n) is 5.32. The molecule has 1 rings (SSSR count). The third-order valence-electron chi connectivity index (χ3n) is 2.11. The van der Waals surface area contributed by atoms with E-state index in [-0.39, 0.29) is 5.82 Å². The smallest absolute Gasteiger partial charge is 0.146 e. The summed E-state index contributed by atoms with van der Waals surface area (Å²) in [6.45, 7) is 6.11. The van der Waals surface area contributed by atoms with Crippen molar-refractivity contribution in [2.24, 2.45) is 0 Å². The van der Waals surface area contributed by atoms with E-state index in [1.165, 1.54) is 6.07 Å². The highest BCUT2D eigenvalue weighted by molar-refractivity contribution is 5.46. The first-order valence-corrected chi connectivity index (χ1v) is 5.32. The molecule has 1 aromatic rings. The second-order valence-electron chi connectivity index (χ2n) is 3.46. The van der Waals surface area contributed by atoms with Crippen molar-refractivity contribution in [2.45, 2.75) is 20.3 Å². The fourth-order valence-electron chi connectivity index (χ4n) is 1.32. The fourth-order valence-corrected chi connectivity index (χ4v) is 1.32. The highest BCUT2D eigenvalue weighted by Gasteiger charge is 2.00. The molecule has 0 saturated heterocycles. The maximum Gasteiger partial charge on any atom is 0.146 e. The zero-order chi connectivity index (χ0) is 11.1. The van der Waals surface area contributed by atoms with E-state index in [0.717, 1.165) is 31.7 Å². The van der Waals surface area contributed by atoms with Gasteiger partial charge >= 0.3 is 0 Å². The van der Waals surface area contributed by atoms with Crippen LogP contribution in [0.3, 0.4) is 0 Å². The zero-order valence-corrected chi connectivity index (χ0v) is 9.35. The van der Waals surface area contributed by atoms with Crippen molar-refractivity contribution < 1.29 is 9.13 Å². The summed E-state index contributed by atoms with van der Waals surface area (Å²) in [6, 6.07) is 5.07. The summed E-state index contributed by atoms with van der Waals surface area (Å²) in [4.78, 5) is 0. The van der Waals surface area contributed by atoms with Crippen LogP contribution in [0.4, 0.5) is 10.1 Å². The van der Waals surface area contributed by atoms with Gasteiger partial charge in [-0.25, -0.2) is 4.39 Å². The molecule has 1 N–H and O–H groups in total. The predicted octanol–water partition coefficient (Wildman–Crippen LogP) is 2.97. The lowest BCUT2D eigenvalue weighted by Gasteiger charge is -2.08. The first kappa shape index (κ1) is 12.0. The van der Waals surface area contributed by atoms with Gasteiger partial charge in [0.25, 0.3) is 0 Å². The summed E-state index contributed by atoms with van der Waals surface area (Å²) in [5.41, 5.74) is 1.63. The van der Waals surface area contributed by atoms with Gasteiger partial charge in [-0.2, -0.15) is 0 Å². The highest BCUT2D eigenvalue weighted by Crippen LogP contribution is 2.15. The molecule has 0 bridgehead atoms. The summed E-state index contributed by atoms with van der Waals surface area (Å²) in [7, 11) is 0. The van der Waals surface area contributed by atoms with Crippen molar-refractivity contribution in [2.75, 3.05) is 25.1 Å². The van der Waals surface area contributed by atoms with E-state index in [2.05, 4.69) is 5.32 Å². The van der Waals surface area contributed by atoms with Gasteiger partial charge < -0.3 is 10.1 Å². The Morgan fingerprint density at radius 2 is 2.20 bits per heavy atom. The van der Waals surface area contributed by atoms with Crippen LogP contribution in [0.1, 0.15) is 18.9 Å². The van der Waals surface area contributed by atoms with E-state index in [4.69, 9.17) is 4.74 Å². The molecule has 0 heterocycles. The van der Waals surface area contributed by atoms with Gasteiger partial charge in [-0.15, -0.1) is 0 Å². The first-order chi connectivity index (χ1) is 7.24. The van der Waals surface area contributed by atoms with E-state index >= 15 is 0 Å². The van der Waals surface area contributed by atoms with E-state index in [9.17, 15) is 4.39 Å². The number of ether oxygens (including phenoxy) is 1. The molecule has 0 aromatic heterocycles. The number of benzene rings is 1. The number of anilines is 1. The van der Waals surface area contributed by atoms with Crippen LogP contribution in [0.25, 0.3) is 0 Å². The van der Waals surface area contributed by atoms with Crippen molar-refractivity contribution in [3.05, 3.63) is 29.6 Å². The third-order valence-corrected chi connectivity index (χ3v) is 2.11. The molecule has 0 unspecified atom stereocenters. The number of hydrogen-bond acceptors (Lipinski definition) is 2. The van der Waals surface area contributed by atoms with Crippen LogP contribution < -0.4 is 5.32 Å². The standard InChI is InChI=1S/C12H18FNO/c1-3-15-8-4-7-14-12-9-10(2)5-6-11(12)13/h5-6,9,14H,3-4,7-8H2,1-2H3. The molecule has 0 spiro atoms. The lowest BCUT2D eigenvalue weighted by atomic mass is 10.2. The van der Waals surface area contributed by atoms with Crippen LogP contribution in [-0.2, 0) is 4.74 Å². The normalized spacial score (nSPS) is 10.3. The molecular formula is C12H18FNO. The predicted molar refractivity (Wildman–Crippen MR) is 60.7 cm³/mol. The van der Waals surface area contributed by atoms with Crippen molar-refractivity contribution in [1.29, 1.82) is 0 Å². The Balaban J connectivity index is 2.33. The lowest BCUT2D eigenvalue weighted by Crippen LogP contribution is -2.07. The Morgan fingerprint density at radius 3 is 2.93 bits per heavy atom. The third kappa shape index (κ3) is 4.30. The lowest BCUT2D eigenvalue weighted by molar-refractivity contribution is 0.147. The Labute approximate surface area is 90.4 Å². The van der Waals surface area contributed by atoms with E-state index in [1.54, 1.807) is 6.07 Å². The van der Waals surface area contributed by atoms with Crippen LogP contribution in [0.15, 0.2) is 18.2 Å². The van der Waals surface area contributed by atoms with E-state index < -0.39 is 0 Å². The van der Waals surface area contributed by atoms with Crippen molar-refractivity contribution in [3.63, 3.8) is 0 Å². The van der Waals surface area contributed by atoms with Gasteiger partial charge in [0.2, 0.25) is 0 Å².